The Labute approximate surface area is 126 Å². The van der Waals surface area contributed by atoms with Crippen molar-refractivity contribution in [3.8, 4) is 0 Å². The predicted octanol–water partition coefficient (Wildman–Crippen LogP) is 3.26. The van der Waals surface area contributed by atoms with Crippen LogP contribution in [0.15, 0.2) is 30.3 Å². The van der Waals surface area contributed by atoms with Crippen molar-refractivity contribution in [3.05, 3.63) is 36.0 Å². The molecule has 4 nitrogen and oxygen atoms in total. The highest BCUT2D eigenvalue weighted by Crippen LogP contribution is 2.23. The van der Waals surface area contributed by atoms with Crippen LogP contribution in [-0.2, 0) is 4.79 Å². The molecule has 21 heavy (non-hydrogen) atoms. The molecule has 1 amide bonds. The Hall–Kier alpha value is -1.94. The molecular weight excluding hydrogens is 262 g/mol. The molecule has 1 aromatic carbocycles. The van der Waals surface area contributed by atoms with Crippen LogP contribution in [0, 0.1) is 6.92 Å². The molecule has 0 atom stereocenters. The predicted molar refractivity (Wildman–Crippen MR) is 87.5 cm³/mol. The molecule has 0 unspecified atom stereocenters. The van der Waals surface area contributed by atoms with Gasteiger partial charge in [0.25, 0.3) is 0 Å². The highest BCUT2D eigenvalue weighted by Gasteiger charge is 2.07. The van der Waals surface area contributed by atoms with E-state index in [0.29, 0.717) is 12.5 Å². The number of carbonyl (C=O) groups excluding carboxylic acids is 1. The van der Waals surface area contributed by atoms with Gasteiger partial charge in [0, 0.05) is 23.5 Å². The van der Waals surface area contributed by atoms with Crippen LogP contribution in [-0.4, -0.2) is 23.5 Å². The zero-order chi connectivity index (χ0) is 15.2. The van der Waals surface area contributed by atoms with Gasteiger partial charge in [-0.15, -0.1) is 0 Å². The largest absolute Gasteiger partial charge is 0.325 e. The van der Waals surface area contributed by atoms with Gasteiger partial charge in [-0.1, -0.05) is 32.0 Å². The molecule has 0 fully saturated rings. The molecule has 0 aliphatic rings. The second kappa shape index (κ2) is 7.18. The van der Waals surface area contributed by atoms with Gasteiger partial charge in [-0.3, -0.25) is 9.78 Å². The van der Waals surface area contributed by atoms with Crippen molar-refractivity contribution in [3.63, 3.8) is 0 Å². The summed E-state index contributed by atoms with van der Waals surface area (Å²) in [7, 11) is 0. The first-order valence-electron chi connectivity index (χ1n) is 7.46. The summed E-state index contributed by atoms with van der Waals surface area (Å²) in [5.41, 5.74) is 2.67. The van der Waals surface area contributed by atoms with Crippen molar-refractivity contribution < 1.29 is 4.79 Å². The number of para-hydroxylation sites is 1. The number of hydrogen-bond donors (Lipinski definition) is 2. The number of nitrogens with zero attached hydrogens (tertiary/aromatic N) is 1. The zero-order valence-electron chi connectivity index (χ0n) is 12.9. The molecule has 0 saturated heterocycles. The highest BCUT2D eigenvalue weighted by molar-refractivity contribution is 6.00. The minimum Gasteiger partial charge on any atom is -0.325 e. The number of rotatable bonds is 6. The van der Waals surface area contributed by atoms with Crippen molar-refractivity contribution in [1.82, 2.24) is 10.3 Å². The first kappa shape index (κ1) is 15.4. The third-order valence-corrected chi connectivity index (χ3v) is 3.25. The normalized spacial score (nSPS) is 11.0. The third-order valence-electron chi connectivity index (χ3n) is 3.25. The average Bonchev–Trinajstić information content (AvgIpc) is 2.43. The van der Waals surface area contributed by atoms with Crippen molar-refractivity contribution in [2.75, 3.05) is 11.9 Å². The summed E-state index contributed by atoms with van der Waals surface area (Å²) in [6.45, 7) is 7.01. The van der Waals surface area contributed by atoms with Crippen LogP contribution in [0.3, 0.4) is 0 Å². The van der Waals surface area contributed by atoms with Gasteiger partial charge in [-0.2, -0.15) is 0 Å². The number of fused-ring (bicyclic) bond motifs is 1. The monoisotopic (exact) mass is 285 g/mol. The van der Waals surface area contributed by atoms with Crippen molar-refractivity contribution in [2.24, 2.45) is 0 Å². The average molecular weight is 285 g/mol. The van der Waals surface area contributed by atoms with Gasteiger partial charge in [0.2, 0.25) is 5.91 Å². The fraction of sp³-hybridized carbons (Fsp3) is 0.412. The summed E-state index contributed by atoms with van der Waals surface area (Å²) in [5.74, 6) is 0.0521. The van der Waals surface area contributed by atoms with Crippen LogP contribution < -0.4 is 10.6 Å². The Morgan fingerprint density at radius 3 is 2.81 bits per heavy atom. The van der Waals surface area contributed by atoms with E-state index in [2.05, 4.69) is 29.5 Å². The maximum Gasteiger partial charge on any atom is 0.224 e. The van der Waals surface area contributed by atoms with E-state index < -0.39 is 0 Å². The number of carbonyl (C=O) groups is 1. The summed E-state index contributed by atoms with van der Waals surface area (Å²) in [4.78, 5) is 16.5. The first-order chi connectivity index (χ1) is 10.1. The molecule has 2 N–H and O–H groups in total. The first-order valence-corrected chi connectivity index (χ1v) is 7.46. The highest BCUT2D eigenvalue weighted by atomic mass is 16.1. The quantitative estimate of drug-likeness (QED) is 0.801. The molecule has 0 aliphatic carbocycles. The van der Waals surface area contributed by atoms with Gasteiger partial charge in [0.1, 0.15) is 0 Å². The minimum atomic E-state index is 0.0521. The number of amides is 1. The van der Waals surface area contributed by atoms with Crippen molar-refractivity contribution in [1.29, 1.82) is 0 Å². The summed E-state index contributed by atoms with van der Waals surface area (Å²) >= 11 is 0. The second-order valence-electron chi connectivity index (χ2n) is 5.59. The van der Waals surface area contributed by atoms with Crippen LogP contribution >= 0.6 is 0 Å². The molecule has 2 aromatic rings. The second-order valence-corrected chi connectivity index (χ2v) is 5.59. The molecule has 4 heteroatoms. The van der Waals surface area contributed by atoms with Crippen LogP contribution in [0.5, 0.6) is 0 Å². The van der Waals surface area contributed by atoms with Gasteiger partial charge in [0.05, 0.1) is 11.2 Å². The summed E-state index contributed by atoms with van der Waals surface area (Å²) < 4.78 is 0. The number of benzene rings is 1. The van der Waals surface area contributed by atoms with E-state index in [1.54, 1.807) is 0 Å². The number of pyridine rings is 1. The lowest BCUT2D eigenvalue weighted by atomic mass is 10.1. The number of anilines is 1. The van der Waals surface area contributed by atoms with E-state index in [-0.39, 0.29) is 5.91 Å². The van der Waals surface area contributed by atoms with E-state index in [0.717, 1.165) is 35.2 Å². The van der Waals surface area contributed by atoms with Gasteiger partial charge in [0.15, 0.2) is 0 Å². The SMILES string of the molecule is Cc1cc(NC(=O)CCCNC(C)C)c2ccccc2n1. The molecule has 1 aromatic heterocycles. The van der Waals surface area contributed by atoms with E-state index in [4.69, 9.17) is 0 Å². The number of nitrogens with one attached hydrogen (secondary N) is 2. The fourth-order valence-electron chi connectivity index (χ4n) is 2.26. The topological polar surface area (TPSA) is 54.0 Å². The van der Waals surface area contributed by atoms with Gasteiger partial charge in [-0.05, 0) is 32.0 Å². The Morgan fingerprint density at radius 2 is 2.05 bits per heavy atom. The van der Waals surface area contributed by atoms with Crippen molar-refractivity contribution in [2.45, 2.75) is 39.7 Å². The molecule has 0 bridgehead atoms. The van der Waals surface area contributed by atoms with E-state index >= 15 is 0 Å². The van der Waals surface area contributed by atoms with Crippen molar-refractivity contribution >= 4 is 22.5 Å². The Balaban J connectivity index is 2.01. The van der Waals surface area contributed by atoms with E-state index in [9.17, 15) is 4.79 Å². The lowest BCUT2D eigenvalue weighted by molar-refractivity contribution is -0.116. The van der Waals surface area contributed by atoms with Gasteiger partial charge in [-0.25, -0.2) is 0 Å². The fourth-order valence-corrected chi connectivity index (χ4v) is 2.26. The van der Waals surface area contributed by atoms with Crippen LogP contribution in [0.25, 0.3) is 10.9 Å². The summed E-state index contributed by atoms with van der Waals surface area (Å²) in [6, 6.07) is 10.2. The molecule has 2 rings (SSSR count). The maximum absolute atomic E-state index is 12.1. The Bertz CT molecular complexity index is 622. The Kier molecular flexibility index (Phi) is 5.28. The third kappa shape index (κ3) is 4.53. The van der Waals surface area contributed by atoms with Crippen LogP contribution in [0.1, 0.15) is 32.4 Å². The molecule has 0 aliphatic heterocycles. The molecule has 112 valence electrons. The lowest BCUT2D eigenvalue weighted by Crippen LogP contribution is -2.24. The van der Waals surface area contributed by atoms with E-state index in [1.807, 2.05) is 37.3 Å². The Morgan fingerprint density at radius 1 is 1.29 bits per heavy atom. The summed E-state index contributed by atoms with van der Waals surface area (Å²) in [5, 5.41) is 7.30. The molecule has 0 radical (unpaired) electrons. The molecule has 1 heterocycles. The molecular formula is C17H23N3O. The zero-order valence-corrected chi connectivity index (χ0v) is 12.9. The maximum atomic E-state index is 12.1. The number of aryl methyl sites for hydroxylation is 1. The standard InChI is InChI=1S/C17H23N3O/c1-12(2)18-10-6-9-17(21)20-16-11-13(3)19-15-8-5-4-7-14(15)16/h4-5,7-8,11-12,18H,6,9-10H2,1-3H3,(H,19,20,21). The van der Waals surface area contributed by atoms with E-state index in [1.165, 1.54) is 0 Å². The van der Waals surface area contributed by atoms with Gasteiger partial charge >= 0.3 is 0 Å². The van der Waals surface area contributed by atoms with Crippen LogP contribution in [0.2, 0.25) is 0 Å². The summed E-state index contributed by atoms with van der Waals surface area (Å²) in [6.07, 6.45) is 1.36. The number of aromatic nitrogens is 1. The molecule has 0 saturated carbocycles. The molecule has 0 spiro atoms. The van der Waals surface area contributed by atoms with Crippen LogP contribution in [0.4, 0.5) is 5.69 Å². The number of hydrogen-bond acceptors (Lipinski definition) is 3. The minimum absolute atomic E-state index is 0.0521. The van der Waals surface area contributed by atoms with Gasteiger partial charge < -0.3 is 10.6 Å². The lowest BCUT2D eigenvalue weighted by Gasteiger charge is -2.10. The smallest absolute Gasteiger partial charge is 0.224 e.